The summed E-state index contributed by atoms with van der Waals surface area (Å²) >= 11 is 0. The van der Waals surface area contributed by atoms with E-state index in [9.17, 15) is 14.9 Å². The van der Waals surface area contributed by atoms with E-state index in [1.807, 2.05) is 18.9 Å². The van der Waals surface area contributed by atoms with Crippen molar-refractivity contribution in [3.63, 3.8) is 0 Å². The zero-order chi connectivity index (χ0) is 15.1. The van der Waals surface area contributed by atoms with Gasteiger partial charge in [0, 0.05) is 26.2 Å². The summed E-state index contributed by atoms with van der Waals surface area (Å²) < 4.78 is 0. The van der Waals surface area contributed by atoms with Crippen molar-refractivity contribution >= 4 is 17.4 Å². The molecule has 110 valence electrons. The summed E-state index contributed by atoms with van der Waals surface area (Å²) in [5.74, 6) is -0.0630. The lowest BCUT2D eigenvalue weighted by Crippen LogP contribution is -2.33. The summed E-state index contributed by atoms with van der Waals surface area (Å²) in [6.07, 6.45) is 1.12. The highest BCUT2D eigenvalue weighted by atomic mass is 16.6. The van der Waals surface area contributed by atoms with Crippen molar-refractivity contribution in [3.05, 3.63) is 27.9 Å². The minimum Gasteiger partial charge on any atom is -0.372 e. The molecule has 20 heavy (non-hydrogen) atoms. The second-order valence-electron chi connectivity index (χ2n) is 4.25. The van der Waals surface area contributed by atoms with Crippen molar-refractivity contribution in [2.24, 2.45) is 0 Å². The molecule has 0 atom stereocenters. The Labute approximate surface area is 117 Å². The average molecular weight is 281 g/mol. The molecule has 1 aromatic rings. The molecule has 1 heterocycles. The van der Waals surface area contributed by atoms with E-state index in [4.69, 9.17) is 0 Å². The molecule has 0 bridgehead atoms. The SMILES string of the molecule is CCN(C)CCNC(=O)c1cc([N+](=O)[O-])cnc1NC. The van der Waals surface area contributed by atoms with Gasteiger partial charge in [0.2, 0.25) is 0 Å². The van der Waals surface area contributed by atoms with Crippen LogP contribution >= 0.6 is 0 Å². The molecule has 0 fully saturated rings. The molecule has 0 aliphatic rings. The van der Waals surface area contributed by atoms with Gasteiger partial charge in [-0.2, -0.15) is 0 Å². The molecule has 0 aliphatic heterocycles. The maximum absolute atomic E-state index is 12.0. The Morgan fingerprint density at radius 3 is 2.80 bits per heavy atom. The average Bonchev–Trinajstić information content (AvgIpc) is 2.45. The fourth-order valence-corrected chi connectivity index (χ4v) is 1.54. The second-order valence-corrected chi connectivity index (χ2v) is 4.25. The third-order valence-corrected chi connectivity index (χ3v) is 2.88. The smallest absolute Gasteiger partial charge is 0.288 e. The first-order valence-electron chi connectivity index (χ1n) is 6.28. The quantitative estimate of drug-likeness (QED) is 0.564. The van der Waals surface area contributed by atoms with E-state index in [0.29, 0.717) is 18.9 Å². The van der Waals surface area contributed by atoms with Crippen LogP contribution in [0.1, 0.15) is 17.3 Å². The highest BCUT2D eigenvalue weighted by Gasteiger charge is 2.17. The van der Waals surface area contributed by atoms with Gasteiger partial charge in [-0.25, -0.2) is 4.98 Å². The van der Waals surface area contributed by atoms with Crippen LogP contribution < -0.4 is 10.6 Å². The summed E-state index contributed by atoms with van der Waals surface area (Å²) in [6.45, 7) is 4.08. The molecule has 0 aromatic carbocycles. The van der Waals surface area contributed by atoms with E-state index < -0.39 is 4.92 Å². The van der Waals surface area contributed by atoms with Crippen LogP contribution in [0.3, 0.4) is 0 Å². The first kappa shape index (κ1) is 15.8. The predicted octanol–water partition coefficient (Wildman–Crippen LogP) is 0.713. The van der Waals surface area contributed by atoms with Crippen molar-refractivity contribution in [1.82, 2.24) is 15.2 Å². The number of nitrogens with zero attached hydrogens (tertiary/aromatic N) is 3. The Morgan fingerprint density at radius 2 is 2.25 bits per heavy atom. The van der Waals surface area contributed by atoms with Crippen LogP contribution in [0.15, 0.2) is 12.3 Å². The standard InChI is InChI=1S/C12H19N5O3/c1-4-16(3)6-5-14-12(18)10-7-9(17(19)20)8-15-11(10)13-2/h7-8H,4-6H2,1-3H3,(H,13,15)(H,14,18). The van der Waals surface area contributed by atoms with Gasteiger partial charge < -0.3 is 15.5 Å². The number of amides is 1. The Kier molecular flexibility index (Phi) is 5.85. The Bertz CT molecular complexity index is 492. The number of nitrogens with one attached hydrogen (secondary N) is 2. The molecule has 1 amide bonds. The highest BCUT2D eigenvalue weighted by molar-refractivity contribution is 5.99. The maximum Gasteiger partial charge on any atom is 0.288 e. The third kappa shape index (κ3) is 4.16. The lowest BCUT2D eigenvalue weighted by molar-refractivity contribution is -0.385. The van der Waals surface area contributed by atoms with Crippen LogP contribution in [0.4, 0.5) is 11.5 Å². The fraction of sp³-hybridized carbons (Fsp3) is 0.500. The molecular weight excluding hydrogens is 262 g/mol. The third-order valence-electron chi connectivity index (χ3n) is 2.88. The summed E-state index contributed by atoms with van der Waals surface area (Å²) in [6, 6.07) is 1.22. The topological polar surface area (TPSA) is 100 Å². The lowest BCUT2D eigenvalue weighted by atomic mass is 10.2. The summed E-state index contributed by atoms with van der Waals surface area (Å²) in [7, 11) is 3.55. The molecule has 0 spiro atoms. The van der Waals surface area contributed by atoms with Crippen molar-refractivity contribution < 1.29 is 9.72 Å². The van der Waals surface area contributed by atoms with Crippen LogP contribution in [-0.2, 0) is 0 Å². The number of hydrogen-bond acceptors (Lipinski definition) is 6. The minimum absolute atomic E-state index is 0.167. The Morgan fingerprint density at radius 1 is 1.55 bits per heavy atom. The van der Waals surface area contributed by atoms with Crippen LogP contribution in [0.25, 0.3) is 0 Å². The van der Waals surface area contributed by atoms with E-state index in [1.54, 1.807) is 7.05 Å². The summed E-state index contributed by atoms with van der Waals surface area (Å²) in [4.78, 5) is 28.1. The van der Waals surface area contributed by atoms with Crippen molar-refractivity contribution in [2.45, 2.75) is 6.92 Å². The van der Waals surface area contributed by atoms with Gasteiger partial charge in [-0.3, -0.25) is 14.9 Å². The first-order valence-corrected chi connectivity index (χ1v) is 6.28. The van der Waals surface area contributed by atoms with E-state index in [-0.39, 0.29) is 17.2 Å². The molecule has 0 saturated carbocycles. The van der Waals surface area contributed by atoms with Gasteiger partial charge in [0.05, 0.1) is 10.5 Å². The molecule has 8 heteroatoms. The zero-order valence-electron chi connectivity index (χ0n) is 11.8. The van der Waals surface area contributed by atoms with Crippen LogP contribution in [-0.4, -0.2) is 54.4 Å². The molecule has 1 aromatic heterocycles. The van der Waals surface area contributed by atoms with E-state index >= 15 is 0 Å². The van der Waals surface area contributed by atoms with Crippen molar-refractivity contribution in [2.75, 3.05) is 39.0 Å². The summed E-state index contributed by atoms with van der Waals surface area (Å²) in [5.41, 5.74) is -0.0410. The largest absolute Gasteiger partial charge is 0.372 e. The Hall–Kier alpha value is -2.22. The number of aromatic nitrogens is 1. The molecule has 0 saturated heterocycles. The number of pyridine rings is 1. The number of nitro groups is 1. The van der Waals surface area contributed by atoms with Crippen LogP contribution in [0, 0.1) is 10.1 Å². The van der Waals surface area contributed by atoms with E-state index in [2.05, 4.69) is 15.6 Å². The molecule has 8 nitrogen and oxygen atoms in total. The molecule has 1 rings (SSSR count). The first-order chi connectivity index (χ1) is 9.49. The second kappa shape index (κ2) is 7.39. The monoisotopic (exact) mass is 281 g/mol. The molecule has 2 N–H and O–H groups in total. The number of likely N-dealkylation sites (N-methyl/N-ethyl adjacent to an activating group) is 1. The van der Waals surface area contributed by atoms with Gasteiger partial charge in [0.15, 0.2) is 0 Å². The van der Waals surface area contributed by atoms with Gasteiger partial charge in [0.25, 0.3) is 11.6 Å². The maximum atomic E-state index is 12.0. The molecule has 0 aliphatic carbocycles. The normalized spacial score (nSPS) is 10.4. The highest BCUT2D eigenvalue weighted by Crippen LogP contribution is 2.18. The molecule has 0 unspecified atom stereocenters. The van der Waals surface area contributed by atoms with Crippen molar-refractivity contribution in [3.8, 4) is 0 Å². The molecular formula is C12H19N5O3. The number of hydrogen-bond donors (Lipinski definition) is 2. The van der Waals surface area contributed by atoms with Gasteiger partial charge in [0.1, 0.15) is 12.0 Å². The van der Waals surface area contributed by atoms with E-state index in [1.165, 1.54) is 6.07 Å². The van der Waals surface area contributed by atoms with Crippen molar-refractivity contribution in [1.29, 1.82) is 0 Å². The summed E-state index contributed by atoms with van der Waals surface area (Å²) in [5, 5.41) is 16.2. The van der Waals surface area contributed by atoms with Crippen LogP contribution in [0.2, 0.25) is 0 Å². The van der Waals surface area contributed by atoms with Gasteiger partial charge in [-0.05, 0) is 13.6 Å². The number of rotatable bonds is 7. The lowest BCUT2D eigenvalue weighted by Gasteiger charge is -2.14. The van der Waals surface area contributed by atoms with Gasteiger partial charge in [-0.15, -0.1) is 0 Å². The minimum atomic E-state index is -0.575. The van der Waals surface area contributed by atoms with Crippen LogP contribution in [0.5, 0.6) is 0 Å². The number of carbonyl (C=O) groups excluding carboxylic acids is 1. The zero-order valence-corrected chi connectivity index (χ0v) is 11.8. The number of anilines is 1. The Balaban J connectivity index is 2.79. The fourth-order valence-electron chi connectivity index (χ4n) is 1.54. The predicted molar refractivity (Wildman–Crippen MR) is 75.9 cm³/mol. The van der Waals surface area contributed by atoms with E-state index in [0.717, 1.165) is 12.7 Å². The molecule has 0 radical (unpaired) electrons. The van der Waals surface area contributed by atoms with Gasteiger partial charge >= 0.3 is 0 Å². The van der Waals surface area contributed by atoms with Gasteiger partial charge in [-0.1, -0.05) is 6.92 Å². The number of carbonyl (C=O) groups is 1.